The number of ether oxygens (including phenoxy) is 2. The number of aromatic nitrogens is 4. The third-order valence-electron chi connectivity index (χ3n) is 5.95. The van der Waals surface area contributed by atoms with Gasteiger partial charge in [-0.05, 0) is 30.3 Å². The van der Waals surface area contributed by atoms with Crippen molar-refractivity contribution in [3.8, 4) is 22.8 Å². The fourth-order valence-corrected chi connectivity index (χ4v) is 5.94. The molecule has 1 aliphatic rings. The molecule has 0 saturated carbocycles. The van der Waals surface area contributed by atoms with Crippen LogP contribution in [0, 0.1) is 0 Å². The van der Waals surface area contributed by atoms with E-state index in [0.717, 1.165) is 11.3 Å². The number of rotatable bonds is 6. The Morgan fingerprint density at radius 2 is 1.69 bits per heavy atom. The van der Waals surface area contributed by atoms with Crippen LogP contribution in [-0.2, 0) is 10.0 Å². The molecule has 36 heavy (non-hydrogen) atoms. The molecule has 1 fully saturated rings. The minimum Gasteiger partial charge on any atom is -0.497 e. The molecule has 4 aromatic rings. The minimum atomic E-state index is -3.80. The van der Waals surface area contributed by atoms with E-state index in [0.29, 0.717) is 40.6 Å². The van der Waals surface area contributed by atoms with Crippen LogP contribution < -0.4 is 14.4 Å². The Kier molecular flexibility index (Phi) is 6.64. The average molecular weight is 549 g/mol. The molecular weight excluding hydrogens is 527 g/mol. The van der Waals surface area contributed by atoms with Gasteiger partial charge in [-0.15, -0.1) is 5.10 Å². The van der Waals surface area contributed by atoms with E-state index in [2.05, 4.69) is 15.1 Å². The molecule has 0 amide bonds. The Bertz CT molecular complexity index is 1540. The van der Waals surface area contributed by atoms with E-state index in [4.69, 9.17) is 32.7 Å². The second-order valence-electron chi connectivity index (χ2n) is 7.99. The number of hydrogen-bond donors (Lipinski definition) is 0. The lowest BCUT2D eigenvalue weighted by Gasteiger charge is -2.33. The Morgan fingerprint density at radius 1 is 0.917 bits per heavy atom. The topological polar surface area (TPSA) is 102 Å². The molecule has 3 heterocycles. The largest absolute Gasteiger partial charge is 0.497 e. The Morgan fingerprint density at radius 3 is 2.39 bits per heavy atom. The van der Waals surface area contributed by atoms with E-state index < -0.39 is 10.0 Å². The lowest BCUT2D eigenvalue weighted by atomic mass is 10.1. The highest BCUT2D eigenvalue weighted by atomic mass is 35.5. The number of piperazine rings is 1. The smallest absolute Gasteiger partial charge is 0.254 e. The van der Waals surface area contributed by atoms with Crippen molar-refractivity contribution in [2.75, 3.05) is 45.3 Å². The van der Waals surface area contributed by atoms with Crippen LogP contribution in [0.3, 0.4) is 0 Å². The molecule has 0 atom stereocenters. The van der Waals surface area contributed by atoms with E-state index in [1.807, 2.05) is 17.0 Å². The number of methoxy groups -OCH3 is 2. The molecule has 1 saturated heterocycles. The number of nitrogens with zero attached hydrogens (tertiary/aromatic N) is 6. The first-order valence-corrected chi connectivity index (χ1v) is 13.2. The maximum absolute atomic E-state index is 13.4. The van der Waals surface area contributed by atoms with Crippen LogP contribution in [0.25, 0.3) is 17.0 Å². The minimum absolute atomic E-state index is 0.0686. The molecule has 1 aliphatic heterocycles. The highest BCUT2D eigenvalue weighted by Gasteiger charge is 2.32. The van der Waals surface area contributed by atoms with Gasteiger partial charge in [-0.2, -0.15) is 13.8 Å². The van der Waals surface area contributed by atoms with Gasteiger partial charge in [0.25, 0.3) is 5.78 Å². The summed E-state index contributed by atoms with van der Waals surface area (Å²) in [6.07, 6.45) is 1.65. The third-order valence-corrected chi connectivity index (χ3v) is 8.61. The second kappa shape index (κ2) is 9.74. The van der Waals surface area contributed by atoms with Crippen molar-refractivity contribution in [2.45, 2.75) is 4.90 Å². The van der Waals surface area contributed by atoms with Crippen LogP contribution in [0.15, 0.2) is 53.6 Å². The number of sulfonamides is 1. The summed E-state index contributed by atoms with van der Waals surface area (Å²) >= 11 is 12.3. The Labute approximate surface area is 218 Å². The summed E-state index contributed by atoms with van der Waals surface area (Å²) in [5, 5.41) is 5.55. The molecule has 0 N–H and O–H groups in total. The SMILES string of the molecule is COc1ccc(OC)c(S(=O)(=O)N2CCN(c3nc4nccc(-c5ccc(Cl)c(Cl)c5)n4n3)CC2)c1. The van der Waals surface area contributed by atoms with E-state index in [1.54, 1.807) is 35.0 Å². The number of halogens is 2. The zero-order valence-electron chi connectivity index (χ0n) is 19.4. The van der Waals surface area contributed by atoms with Crippen molar-refractivity contribution in [3.05, 3.63) is 58.7 Å². The monoisotopic (exact) mass is 548 g/mol. The molecule has 0 unspecified atom stereocenters. The molecule has 0 bridgehead atoms. The van der Waals surface area contributed by atoms with E-state index in [-0.39, 0.29) is 23.7 Å². The predicted molar refractivity (Wildman–Crippen MR) is 137 cm³/mol. The standard InChI is InChI=1S/C23H22Cl2N6O4S/c1-34-16-4-6-20(35-2)21(14-16)36(32,33)30-11-9-29(10-12-30)23-27-22-26-8-7-19(31(22)28-23)15-3-5-17(24)18(25)13-15/h3-8,13-14H,9-12H2,1-2H3. The normalized spacial score (nSPS) is 14.8. The lowest BCUT2D eigenvalue weighted by Crippen LogP contribution is -2.49. The van der Waals surface area contributed by atoms with E-state index >= 15 is 0 Å². The van der Waals surface area contributed by atoms with Crippen molar-refractivity contribution in [1.82, 2.24) is 23.9 Å². The molecule has 5 rings (SSSR count). The summed E-state index contributed by atoms with van der Waals surface area (Å²) in [7, 11) is -0.873. The van der Waals surface area contributed by atoms with Gasteiger partial charge in [-0.25, -0.2) is 13.4 Å². The first-order valence-electron chi connectivity index (χ1n) is 11.0. The zero-order valence-corrected chi connectivity index (χ0v) is 21.8. The first-order chi connectivity index (χ1) is 17.3. The van der Waals surface area contributed by atoms with Gasteiger partial charge >= 0.3 is 0 Å². The number of hydrogen-bond acceptors (Lipinski definition) is 8. The summed E-state index contributed by atoms with van der Waals surface area (Å²) in [6.45, 7) is 1.33. The summed E-state index contributed by atoms with van der Waals surface area (Å²) in [5.41, 5.74) is 1.57. The van der Waals surface area contributed by atoms with Gasteiger partial charge in [-0.1, -0.05) is 29.3 Å². The number of benzene rings is 2. The summed E-state index contributed by atoms with van der Waals surface area (Å²) in [6, 6.07) is 11.9. The Hall–Kier alpha value is -3.12. The highest BCUT2D eigenvalue weighted by molar-refractivity contribution is 7.89. The molecule has 2 aromatic heterocycles. The van der Waals surface area contributed by atoms with Crippen LogP contribution in [0.5, 0.6) is 11.5 Å². The highest BCUT2D eigenvalue weighted by Crippen LogP contribution is 2.32. The average Bonchev–Trinajstić information content (AvgIpc) is 3.34. The molecular formula is C23H22Cl2N6O4S. The van der Waals surface area contributed by atoms with Crippen LogP contribution in [0.4, 0.5) is 5.95 Å². The quantitative estimate of drug-likeness (QED) is 0.360. The van der Waals surface area contributed by atoms with Crippen LogP contribution in [0.1, 0.15) is 0 Å². The first kappa shape index (κ1) is 24.6. The van der Waals surface area contributed by atoms with Gasteiger partial charge in [0, 0.05) is 44.0 Å². The summed E-state index contributed by atoms with van der Waals surface area (Å²) in [5.74, 6) is 1.59. The van der Waals surface area contributed by atoms with Crippen molar-refractivity contribution in [2.24, 2.45) is 0 Å². The summed E-state index contributed by atoms with van der Waals surface area (Å²) < 4.78 is 40.3. The van der Waals surface area contributed by atoms with Crippen molar-refractivity contribution in [1.29, 1.82) is 0 Å². The number of fused-ring (bicyclic) bond motifs is 1. The number of anilines is 1. The predicted octanol–water partition coefficient (Wildman–Crippen LogP) is 3.63. The van der Waals surface area contributed by atoms with Gasteiger partial charge in [0.05, 0.1) is 30.0 Å². The maximum atomic E-state index is 13.4. The summed E-state index contributed by atoms with van der Waals surface area (Å²) in [4.78, 5) is 10.9. The molecule has 10 nitrogen and oxygen atoms in total. The molecule has 188 valence electrons. The second-order valence-corrected chi connectivity index (χ2v) is 10.7. The van der Waals surface area contributed by atoms with Crippen molar-refractivity contribution >= 4 is 45.0 Å². The van der Waals surface area contributed by atoms with Crippen LogP contribution >= 0.6 is 23.2 Å². The molecule has 0 aliphatic carbocycles. The molecule has 0 radical (unpaired) electrons. The van der Waals surface area contributed by atoms with Gasteiger partial charge in [0.2, 0.25) is 16.0 Å². The fourth-order valence-electron chi connectivity index (χ4n) is 4.04. The molecule has 13 heteroatoms. The van der Waals surface area contributed by atoms with Gasteiger partial charge in [-0.3, -0.25) is 0 Å². The van der Waals surface area contributed by atoms with E-state index in [9.17, 15) is 8.42 Å². The fraction of sp³-hybridized carbons (Fsp3) is 0.261. The van der Waals surface area contributed by atoms with Crippen LogP contribution in [0.2, 0.25) is 10.0 Å². The van der Waals surface area contributed by atoms with Gasteiger partial charge < -0.3 is 14.4 Å². The van der Waals surface area contributed by atoms with Gasteiger partial charge in [0.15, 0.2) is 0 Å². The third kappa shape index (κ3) is 4.43. The molecule has 2 aromatic carbocycles. The van der Waals surface area contributed by atoms with Gasteiger partial charge in [0.1, 0.15) is 16.4 Å². The Balaban J connectivity index is 1.38. The van der Waals surface area contributed by atoms with Crippen molar-refractivity contribution in [3.63, 3.8) is 0 Å². The van der Waals surface area contributed by atoms with Crippen molar-refractivity contribution < 1.29 is 17.9 Å². The molecule has 0 spiro atoms. The van der Waals surface area contributed by atoms with Crippen LogP contribution in [-0.4, -0.2) is 72.7 Å². The van der Waals surface area contributed by atoms with E-state index in [1.165, 1.54) is 24.6 Å². The lowest BCUT2D eigenvalue weighted by molar-refractivity contribution is 0.369. The zero-order chi connectivity index (χ0) is 25.4. The maximum Gasteiger partial charge on any atom is 0.254 e.